The zero-order valence-corrected chi connectivity index (χ0v) is 20.9. The number of rotatable bonds is 11. The molecule has 0 heterocycles. The van der Waals surface area contributed by atoms with E-state index < -0.39 is 11.9 Å². The van der Waals surface area contributed by atoms with Gasteiger partial charge in [-0.15, -0.1) is 0 Å². The van der Waals surface area contributed by atoms with Crippen molar-refractivity contribution in [3.63, 3.8) is 0 Å². The molecule has 34 heavy (non-hydrogen) atoms. The molecule has 6 heteroatoms. The van der Waals surface area contributed by atoms with Gasteiger partial charge >= 0.3 is 0 Å². The first-order valence-corrected chi connectivity index (χ1v) is 12.4. The average molecular weight is 525 g/mol. The third kappa shape index (κ3) is 7.52. The minimum absolute atomic E-state index is 0.114. The second-order valence-electron chi connectivity index (χ2n) is 8.27. The normalized spacial score (nSPS) is 11.6. The van der Waals surface area contributed by atoms with E-state index in [0.29, 0.717) is 18.5 Å². The first-order valence-electron chi connectivity index (χ1n) is 11.6. The Hall–Kier alpha value is -2.99. The van der Waals surface area contributed by atoms with Crippen molar-refractivity contribution in [2.45, 2.75) is 45.2 Å². The highest BCUT2D eigenvalue weighted by Crippen LogP contribution is 2.19. The smallest absolute Gasteiger partial charge is 0.243 e. The van der Waals surface area contributed by atoms with E-state index >= 15 is 0 Å². The number of carbonyl (C=O) groups is 2. The number of nitrogens with one attached hydrogen (secondary N) is 1. The van der Waals surface area contributed by atoms with Gasteiger partial charge in [-0.3, -0.25) is 9.59 Å². The first kappa shape index (κ1) is 25.6. The van der Waals surface area contributed by atoms with Crippen molar-refractivity contribution in [1.82, 2.24) is 10.2 Å². The molecule has 0 radical (unpaired) electrons. The highest BCUT2D eigenvalue weighted by Gasteiger charge is 2.30. The third-order valence-electron chi connectivity index (χ3n) is 5.67. The molecule has 3 aromatic rings. The molecule has 4 nitrogen and oxygen atoms in total. The Bertz CT molecular complexity index is 1070. The van der Waals surface area contributed by atoms with E-state index in [1.165, 1.54) is 6.07 Å². The second kappa shape index (κ2) is 13.0. The van der Waals surface area contributed by atoms with E-state index in [9.17, 15) is 14.0 Å². The van der Waals surface area contributed by atoms with Crippen LogP contribution >= 0.6 is 15.9 Å². The molecule has 178 valence electrons. The van der Waals surface area contributed by atoms with Crippen LogP contribution in [-0.2, 0) is 29.0 Å². The predicted molar refractivity (Wildman–Crippen MR) is 137 cm³/mol. The second-order valence-corrected chi connectivity index (χ2v) is 9.18. The number of halogens is 2. The molecule has 0 fully saturated rings. The molecular weight excluding hydrogens is 495 g/mol. The zero-order valence-electron chi connectivity index (χ0n) is 19.3. The van der Waals surface area contributed by atoms with Crippen LogP contribution in [-0.4, -0.2) is 29.3 Å². The molecule has 0 aliphatic rings. The van der Waals surface area contributed by atoms with Crippen LogP contribution in [0.25, 0.3) is 0 Å². The van der Waals surface area contributed by atoms with Gasteiger partial charge in [0.2, 0.25) is 11.8 Å². The van der Waals surface area contributed by atoms with Crippen molar-refractivity contribution in [2.24, 2.45) is 0 Å². The van der Waals surface area contributed by atoms with Crippen LogP contribution in [0.5, 0.6) is 0 Å². The van der Waals surface area contributed by atoms with Crippen molar-refractivity contribution in [1.29, 1.82) is 0 Å². The average Bonchev–Trinajstić information content (AvgIpc) is 2.84. The largest absolute Gasteiger partial charge is 0.354 e. The van der Waals surface area contributed by atoms with E-state index in [2.05, 4.69) is 28.2 Å². The van der Waals surface area contributed by atoms with Gasteiger partial charge in [0.1, 0.15) is 11.9 Å². The Balaban J connectivity index is 1.94. The Kier molecular flexibility index (Phi) is 9.83. The fraction of sp³-hybridized carbons (Fsp3) is 0.286. The van der Waals surface area contributed by atoms with E-state index in [4.69, 9.17) is 0 Å². The Morgan fingerprint density at radius 2 is 1.62 bits per heavy atom. The Morgan fingerprint density at radius 1 is 0.941 bits per heavy atom. The lowest BCUT2D eigenvalue weighted by molar-refractivity contribution is -0.140. The molecule has 3 aromatic carbocycles. The van der Waals surface area contributed by atoms with Crippen LogP contribution < -0.4 is 5.32 Å². The molecule has 0 aliphatic carbocycles. The summed E-state index contributed by atoms with van der Waals surface area (Å²) in [6, 6.07) is 22.9. The number of hydrogen-bond donors (Lipinski definition) is 1. The van der Waals surface area contributed by atoms with Gasteiger partial charge in [0, 0.05) is 24.0 Å². The number of nitrogens with zero attached hydrogens (tertiary/aromatic N) is 1. The monoisotopic (exact) mass is 524 g/mol. The summed E-state index contributed by atoms with van der Waals surface area (Å²) in [7, 11) is 0. The molecule has 0 bridgehead atoms. The van der Waals surface area contributed by atoms with Gasteiger partial charge in [0.25, 0.3) is 0 Å². The molecule has 0 aliphatic heterocycles. The number of carbonyl (C=O) groups excluding carboxylic acids is 2. The molecule has 3 rings (SSSR count). The lowest BCUT2D eigenvalue weighted by Crippen LogP contribution is -2.51. The molecule has 1 atom stereocenters. The maximum atomic E-state index is 14.3. The standard InChI is InChI=1S/C28H30BrFN2O2/c1-2-3-17-31-28(34)26(18-21-9-5-4-6-10-21)32(20-22-13-15-24(29)16-14-22)27(33)19-23-11-7-8-12-25(23)30/h4-16,26H,2-3,17-20H2,1H3,(H,31,34)/t26-/m1/s1. The summed E-state index contributed by atoms with van der Waals surface area (Å²) in [6.45, 7) is 2.86. The predicted octanol–water partition coefficient (Wildman–Crippen LogP) is 5.69. The van der Waals surface area contributed by atoms with Gasteiger partial charge in [0.15, 0.2) is 0 Å². The van der Waals surface area contributed by atoms with Crippen molar-refractivity contribution in [3.8, 4) is 0 Å². The summed E-state index contributed by atoms with van der Waals surface area (Å²) in [5.41, 5.74) is 2.17. The molecule has 0 spiro atoms. The van der Waals surface area contributed by atoms with Crippen molar-refractivity contribution < 1.29 is 14.0 Å². The summed E-state index contributed by atoms with van der Waals surface area (Å²) >= 11 is 3.44. The van der Waals surface area contributed by atoms with Gasteiger partial charge in [-0.05, 0) is 41.3 Å². The first-order chi connectivity index (χ1) is 16.5. The Morgan fingerprint density at radius 3 is 2.29 bits per heavy atom. The minimum Gasteiger partial charge on any atom is -0.354 e. The molecule has 0 aromatic heterocycles. The molecule has 1 N–H and O–H groups in total. The van der Waals surface area contributed by atoms with Crippen LogP contribution in [0.15, 0.2) is 83.3 Å². The van der Waals surface area contributed by atoms with E-state index in [1.54, 1.807) is 23.1 Å². The number of benzene rings is 3. The third-order valence-corrected chi connectivity index (χ3v) is 6.20. The number of unbranched alkanes of at least 4 members (excludes halogenated alkanes) is 1. The van der Waals surface area contributed by atoms with Gasteiger partial charge in [-0.1, -0.05) is 89.9 Å². The molecule has 0 unspecified atom stereocenters. The van der Waals surface area contributed by atoms with Crippen LogP contribution in [0.1, 0.15) is 36.5 Å². The van der Waals surface area contributed by atoms with Gasteiger partial charge in [0.05, 0.1) is 6.42 Å². The lowest BCUT2D eigenvalue weighted by atomic mass is 10.0. The number of hydrogen-bond acceptors (Lipinski definition) is 2. The fourth-order valence-electron chi connectivity index (χ4n) is 3.75. The van der Waals surface area contributed by atoms with Crippen molar-refractivity contribution in [3.05, 3.63) is 106 Å². The maximum absolute atomic E-state index is 14.3. The summed E-state index contributed by atoms with van der Waals surface area (Å²) in [6.07, 6.45) is 2.08. The summed E-state index contributed by atoms with van der Waals surface area (Å²) in [4.78, 5) is 28.5. The van der Waals surface area contributed by atoms with Crippen LogP contribution in [0.4, 0.5) is 4.39 Å². The molecule has 2 amide bonds. The van der Waals surface area contributed by atoms with Gasteiger partial charge in [-0.25, -0.2) is 4.39 Å². The summed E-state index contributed by atoms with van der Waals surface area (Å²) in [5, 5.41) is 3.00. The highest BCUT2D eigenvalue weighted by atomic mass is 79.9. The van der Waals surface area contributed by atoms with Crippen molar-refractivity contribution in [2.75, 3.05) is 6.54 Å². The summed E-state index contributed by atoms with van der Waals surface area (Å²) < 4.78 is 15.3. The topological polar surface area (TPSA) is 49.4 Å². The van der Waals surface area contributed by atoms with Gasteiger partial charge < -0.3 is 10.2 Å². The zero-order chi connectivity index (χ0) is 24.3. The SMILES string of the molecule is CCCCNC(=O)[C@@H](Cc1ccccc1)N(Cc1ccc(Br)cc1)C(=O)Cc1ccccc1F. The fourth-order valence-corrected chi connectivity index (χ4v) is 4.02. The maximum Gasteiger partial charge on any atom is 0.243 e. The quantitative estimate of drug-likeness (QED) is 0.327. The molecule has 0 saturated carbocycles. The van der Waals surface area contributed by atoms with Crippen LogP contribution in [0.2, 0.25) is 0 Å². The lowest BCUT2D eigenvalue weighted by Gasteiger charge is -2.32. The van der Waals surface area contributed by atoms with E-state index in [0.717, 1.165) is 28.4 Å². The summed E-state index contributed by atoms with van der Waals surface area (Å²) in [5.74, 6) is -0.915. The minimum atomic E-state index is -0.720. The van der Waals surface area contributed by atoms with E-state index in [-0.39, 0.29) is 24.8 Å². The Labute approximate surface area is 209 Å². The van der Waals surface area contributed by atoms with Crippen LogP contribution in [0.3, 0.4) is 0 Å². The van der Waals surface area contributed by atoms with E-state index in [1.807, 2.05) is 54.6 Å². The molecular formula is C28H30BrFN2O2. The highest BCUT2D eigenvalue weighted by molar-refractivity contribution is 9.10. The number of amides is 2. The molecule has 0 saturated heterocycles. The van der Waals surface area contributed by atoms with Crippen LogP contribution in [0, 0.1) is 5.82 Å². The van der Waals surface area contributed by atoms with Crippen molar-refractivity contribution >= 4 is 27.7 Å². The van der Waals surface area contributed by atoms with Gasteiger partial charge in [-0.2, -0.15) is 0 Å².